The molecule has 1 rings (SSSR count). The Morgan fingerprint density at radius 1 is 1.55 bits per heavy atom. The number of hydrogen-bond acceptors (Lipinski definition) is 2. The van der Waals surface area contributed by atoms with E-state index in [1.807, 2.05) is 11.8 Å². The molecule has 1 heterocycles. The summed E-state index contributed by atoms with van der Waals surface area (Å²) in [5, 5.41) is 2.77. The Labute approximate surface area is 73.4 Å². The van der Waals surface area contributed by atoms with E-state index in [1.165, 1.54) is 0 Å². The Kier molecular flexibility index (Phi) is 2.66. The summed E-state index contributed by atoms with van der Waals surface area (Å²) in [6.45, 7) is 6.61. The van der Waals surface area contributed by atoms with E-state index in [1.54, 1.807) is 0 Å². The SMILES string of the molecule is CC(C)(C)[C@@H](N)C1CC=CS1. The van der Waals surface area contributed by atoms with Gasteiger partial charge in [0.25, 0.3) is 0 Å². The van der Waals surface area contributed by atoms with E-state index in [0.717, 1.165) is 6.42 Å². The standard InChI is InChI=1S/C9H17NS/c1-9(2,3)8(10)7-5-4-6-11-7/h4,6-8H,5,10H2,1-3H3/t7?,8-/m0/s1. The fourth-order valence-corrected chi connectivity index (χ4v) is 2.41. The Hall–Kier alpha value is 0.0500. The van der Waals surface area contributed by atoms with Gasteiger partial charge >= 0.3 is 0 Å². The summed E-state index contributed by atoms with van der Waals surface area (Å²) in [7, 11) is 0. The Morgan fingerprint density at radius 2 is 2.18 bits per heavy atom. The largest absolute Gasteiger partial charge is 0.326 e. The highest BCUT2D eigenvalue weighted by atomic mass is 32.2. The summed E-state index contributed by atoms with van der Waals surface area (Å²) in [6, 6.07) is 0.308. The van der Waals surface area contributed by atoms with Crippen LogP contribution in [0.5, 0.6) is 0 Å². The first-order chi connectivity index (χ1) is 5.02. The molecule has 1 aliphatic heterocycles. The van der Waals surface area contributed by atoms with Gasteiger partial charge in [-0.15, -0.1) is 11.8 Å². The second-order valence-corrected chi connectivity index (χ2v) is 5.32. The first-order valence-corrected chi connectivity index (χ1v) is 5.02. The molecule has 11 heavy (non-hydrogen) atoms. The number of thioether (sulfide) groups is 1. The Bertz CT molecular complexity index is 149. The van der Waals surface area contributed by atoms with Crippen LogP contribution in [-0.2, 0) is 0 Å². The van der Waals surface area contributed by atoms with Crippen LogP contribution in [0.4, 0.5) is 0 Å². The molecule has 0 fully saturated rings. The zero-order chi connectivity index (χ0) is 8.48. The zero-order valence-electron chi connectivity index (χ0n) is 7.50. The lowest BCUT2D eigenvalue weighted by Gasteiger charge is -2.31. The molecule has 0 spiro atoms. The van der Waals surface area contributed by atoms with E-state index < -0.39 is 0 Å². The van der Waals surface area contributed by atoms with Crippen LogP contribution in [0, 0.1) is 5.41 Å². The summed E-state index contributed by atoms with van der Waals surface area (Å²) >= 11 is 1.87. The van der Waals surface area contributed by atoms with E-state index in [2.05, 4.69) is 32.3 Å². The van der Waals surface area contributed by atoms with E-state index in [4.69, 9.17) is 5.73 Å². The lowest BCUT2D eigenvalue weighted by molar-refractivity contribution is 0.314. The summed E-state index contributed by atoms with van der Waals surface area (Å²) in [5.74, 6) is 0. The third kappa shape index (κ3) is 2.24. The van der Waals surface area contributed by atoms with Crippen molar-refractivity contribution >= 4 is 11.8 Å². The highest BCUT2D eigenvalue weighted by Crippen LogP contribution is 2.33. The predicted octanol–water partition coefficient (Wildman–Crippen LogP) is 2.38. The fraction of sp³-hybridized carbons (Fsp3) is 0.778. The van der Waals surface area contributed by atoms with Gasteiger partial charge in [0, 0.05) is 11.3 Å². The van der Waals surface area contributed by atoms with E-state index in [-0.39, 0.29) is 5.41 Å². The highest BCUT2D eigenvalue weighted by molar-refractivity contribution is 8.03. The van der Waals surface area contributed by atoms with Crippen molar-refractivity contribution in [1.82, 2.24) is 0 Å². The number of allylic oxidation sites excluding steroid dienone is 1. The van der Waals surface area contributed by atoms with Crippen LogP contribution in [0.2, 0.25) is 0 Å². The van der Waals surface area contributed by atoms with E-state index in [0.29, 0.717) is 11.3 Å². The fourth-order valence-electron chi connectivity index (χ4n) is 1.19. The molecule has 64 valence electrons. The van der Waals surface area contributed by atoms with Crippen LogP contribution in [0.1, 0.15) is 27.2 Å². The average Bonchev–Trinajstić information content (AvgIpc) is 2.34. The molecular formula is C9H17NS. The number of nitrogens with two attached hydrogens (primary N) is 1. The Balaban J connectivity index is 2.48. The van der Waals surface area contributed by atoms with Crippen molar-refractivity contribution < 1.29 is 0 Å². The Morgan fingerprint density at radius 3 is 2.55 bits per heavy atom. The van der Waals surface area contributed by atoms with Crippen molar-refractivity contribution in [3.05, 3.63) is 11.5 Å². The van der Waals surface area contributed by atoms with Crippen LogP contribution >= 0.6 is 11.8 Å². The van der Waals surface area contributed by atoms with Crippen molar-refractivity contribution in [3.63, 3.8) is 0 Å². The van der Waals surface area contributed by atoms with Gasteiger partial charge in [0.1, 0.15) is 0 Å². The van der Waals surface area contributed by atoms with Gasteiger partial charge < -0.3 is 5.73 Å². The normalized spacial score (nSPS) is 27.5. The van der Waals surface area contributed by atoms with Crippen molar-refractivity contribution in [2.45, 2.75) is 38.5 Å². The molecule has 0 aliphatic carbocycles. The maximum Gasteiger partial charge on any atom is 0.0280 e. The van der Waals surface area contributed by atoms with Gasteiger partial charge in [-0.25, -0.2) is 0 Å². The molecule has 0 radical (unpaired) electrons. The molecule has 0 aromatic carbocycles. The molecule has 1 unspecified atom stereocenters. The van der Waals surface area contributed by atoms with Gasteiger partial charge in [-0.05, 0) is 17.2 Å². The quantitative estimate of drug-likeness (QED) is 0.655. The van der Waals surface area contributed by atoms with Gasteiger partial charge in [-0.2, -0.15) is 0 Å². The summed E-state index contributed by atoms with van der Waals surface area (Å²) in [5.41, 5.74) is 6.33. The highest BCUT2D eigenvalue weighted by Gasteiger charge is 2.29. The van der Waals surface area contributed by atoms with E-state index >= 15 is 0 Å². The van der Waals surface area contributed by atoms with Crippen LogP contribution < -0.4 is 5.73 Å². The number of rotatable bonds is 1. The molecule has 2 N–H and O–H groups in total. The molecule has 1 nitrogen and oxygen atoms in total. The van der Waals surface area contributed by atoms with E-state index in [9.17, 15) is 0 Å². The smallest absolute Gasteiger partial charge is 0.0280 e. The molecule has 0 saturated heterocycles. The zero-order valence-corrected chi connectivity index (χ0v) is 8.32. The average molecular weight is 171 g/mol. The van der Waals surface area contributed by atoms with Crippen molar-refractivity contribution in [1.29, 1.82) is 0 Å². The molecule has 0 bridgehead atoms. The lowest BCUT2D eigenvalue weighted by Crippen LogP contribution is -2.42. The van der Waals surface area contributed by atoms with Gasteiger partial charge in [-0.1, -0.05) is 26.8 Å². The second kappa shape index (κ2) is 3.20. The molecule has 0 aromatic rings. The van der Waals surface area contributed by atoms with Gasteiger partial charge in [0.05, 0.1) is 0 Å². The topological polar surface area (TPSA) is 26.0 Å². The minimum absolute atomic E-state index is 0.240. The van der Waals surface area contributed by atoms with Gasteiger partial charge in [0.15, 0.2) is 0 Å². The van der Waals surface area contributed by atoms with Crippen molar-refractivity contribution in [3.8, 4) is 0 Å². The summed E-state index contributed by atoms with van der Waals surface area (Å²) in [6.07, 6.45) is 3.35. The second-order valence-electron chi connectivity index (χ2n) is 4.17. The summed E-state index contributed by atoms with van der Waals surface area (Å²) < 4.78 is 0. The van der Waals surface area contributed by atoms with Crippen LogP contribution in [0.25, 0.3) is 0 Å². The maximum absolute atomic E-state index is 6.10. The maximum atomic E-state index is 6.10. The summed E-state index contributed by atoms with van der Waals surface area (Å²) in [4.78, 5) is 0. The van der Waals surface area contributed by atoms with Gasteiger partial charge in [-0.3, -0.25) is 0 Å². The molecule has 0 saturated carbocycles. The molecule has 2 atom stereocenters. The van der Waals surface area contributed by atoms with Crippen LogP contribution in [-0.4, -0.2) is 11.3 Å². The minimum atomic E-state index is 0.240. The third-order valence-electron chi connectivity index (χ3n) is 2.12. The first-order valence-electron chi connectivity index (χ1n) is 4.08. The van der Waals surface area contributed by atoms with Gasteiger partial charge in [0.2, 0.25) is 0 Å². The predicted molar refractivity (Wildman–Crippen MR) is 52.6 cm³/mol. The first kappa shape index (κ1) is 9.14. The van der Waals surface area contributed by atoms with Crippen molar-refractivity contribution in [2.24, 2.45) is 11.1 Å². The van der Waals surface area contributed by atoms with Crippen molar-refractivity contribution in [2.75, 3.05) is 0 Å². The molecule has 0 aromatic heterocycles. The number of hydrogen-bond donors (Lipinski definition) is 1. The molecular weight excluding hydrogens is 154 g/mol. The minimum Gasteiger partial charge on any atom is -0.326 e. The van der Waals surface area contributed by atoms with Crippen LogP contribution in [0.3, 0.4) is 0 Å². The lowest BCUT2D eigenvalue weighted by atomic mass is 9.84. The monoisotopic (exact) mass is 171 g/mol. The molecule has 1 aliphatic rings. The molecule has 2 heteroatoms. The third-order valence-corrected chi connectivity index (χ3v) is 3.30. The van der Waals surface area contributed by atoms with Crippen LogP contribution in [0.15, 0.2) is 11.5 Å². The molecule has 0 amide bonds.